The minimum absolute atomic E-state index is 0.134. The Bertz CT molecular complexity index is 1170. The van der Waals surface area contributed by atoms with Crippen molar-refractivity contribution < 1.29 is 4.79 Å². The highest BCUT2D eigenvalue weighted by molar-refractivity contribution is 5.96. The van der Waals surface area contributed by atoms with Crippen LogP contribution in [0.1, 0.15) is 35.7 Å². The van der Waals surface area contributed by atoms with E-state index in [0.29, 0.717) is 5.41 Å². The molecular formula is C27H29N3O. The molecule has 158 valence electrons. The predicted octanol–water partition coefficient (Wildman–Crippen LogP) is 5.28. The highest BCUT2D eigenvalue weighted by Gasteiger charge is 2.42. The van der Waals surface area contributed by atoms with Gasteiger partial charge in [-0.2, -0.15) is 0 Å². The third-order valence-electron chi connectivity index (χ3n) is 7.04. The molecular weight excluding hydrogens is 382 g/mol. The van der Waals surface area contributed by atoms with Crippen LogP contribution in [0.3, 0.4) is 0 Å². The summed E-state index contributed by atoms with van der Waals surface area (Å²) < 4.78 is 0. The van der Waals surface area contributed by atoms with Gasteiger partial charge >= 0.3 is 0 Å². The molecule has 0 atom stereocenters. The van der Waals surface area contributed by atoms with Gasteiger partial charge in [-0.1, -0.05) is 37.8 Å². The number of amides is 1. The molecule has 4 heteroatoms. The Morgan fingerprint density at radius 1 is 0.968 bits per heavy atom. The van der Waals surface area contributed by atoms with E-state index in [1.165, 1.54) is 18.5 Å². The molecule has 0 radical (unpaired) electrons. The van der Waals surface area contributed by atoms with E-state index in [-0.39, 0.29) is 5.91 Å². The number of aryl methyl sites for hydroxylation is 1. The second-order valence-corrected chi connectivity index (χ2v) is 9.23. The monoisotopic (exact) mass is 411 g/mol. The van der Waals surface area contributed by atoms with E-state index >= 15 is 0 Å². The number of benzene rings is 2. The molecule has 4 nitrogen and oxygen atoms in total. The largest absolute Gasteiger partial charge is 0.371 e. The molecule has 0 spiro atoms. The number of hydrogen-bond acceptors (Lipinski definition) is 3. The number of aromatic nitrogens is 1. The fourth-order valence-electron chi connectivity index (χ4n) is 4.55. The molecule has 0 bridgehead atoms. The third-order valence-corrected chi connectivity index (χ3v) is 7.04. The molecule has 2 aliphatic rings. The molecule has 2 fully saturated rings. The zero-order valence-electron chi connectivity index (χ0n) is 18.4. The van der Waals surface area contributed by atoms with Crippen LogP contribution in [-0.4, -0.2) is 46.9 Å². The maximum absolute atomic E-state index is 13.2. The van der Waals surface area contributed by atoms with Crippen molar-refractivity contribution in [2.75, 3.05) is 26.2 Å². The summed E-state index contributed by atoms with van der Waals surface area (Å²) in [5.74, 6) is 0.134. The van der Waals surface area contributed by atoms with E-state index in [9.17, 15) is 4.79 Å². The Balaban J connectivity index is 1.30. The predicted molar refractivity (Wildman–Crippen MR) is 126 cm³/mol. The minimum atomic E-state index is 0.134. The second kappa shape index (κ2) is 7.52. The first kappa shape index (κ1) is 19.8. The van der Waals surface area contributed by atoms with Crippen LogP contribution < -0.4 is 0 Å². The molecule has 1 aliphatic heterocycles. The van der Waals surface area contributed by atoms with Gasteiger partial charge in [0.1, 0.15) is 0 Å². The van der Waals surface area contributed by atoms with Gasteiger partial charge in [0.15, 0.2) is 0 Å². The first-order valence-electron chi connectivity index (χ1n) is 11.1. The molecule has 1 aliphatic carbocycles. The van der Waals surface area contributed by atoms with E-state index in [1.54, 1.807) is 0 Å². The molecule has 2 aromatic carbocycles. The Morgan fingerprint density at radius 2 is 1.65 bits per heavy atom. The first-order chi connectivity index (χ1) is 14.9. The molecule has 1 amide bonds. The SMILES string of the molecule is C=C(N1CCN(C(=O)c2ccc(-c3ccc4ncccc4c3)cc2C)CC1)C1(C)CC1. The number of rotatable bonds is 4. The van der Waals surface area contributed by atoms with Crippen LogP contribution in [0.2, 0.25) is 0 Å². The number of piperazine rings is 1. The Kier molecular flexibility index (Phi) is 4.81. The molecule has 1 saturated heterocycles. The normalized spacial score (nSPS) is 17.6. The average molecular weight is 412 g/mol. The summed E-state index contributed by atoms with van der Waals surface area (Å²) in [5.41, 5.74) is 6.64. The van der Waals surface area contributed by atoms with Gasteiger partial charge in [0.2, 0.25) is 0 Å². The van der Waals surface area contributed by atoms with E-state index < -0.39 is 0 Å². The highest BCUT2D eigenvalue weighted by Crippen LogP contribution is 2.51. The van der Waals surface area contributed by atoms with Crippen molar-refractivity contribution in [2.45, 2.75) is 26.7 Å². The Hall–Kier alpha value is -3.14. The molecule has 2 heterocycles. The third kappa shape index (κ3) is 3.71. The van der Waals surface area contributed by atoms with Crippen LogP contribution in [0.15, 0.2) is 67.0 Å². The smallest absolute Gasteiger partial charge is 0.254 e. The summed E-state index contributed by atoms with van der Waals surface area (Å²) in [6, 6.07) is 16.5. The van der Waals surface area contributed by atoms with Gasteiger partial charge in [0, 0.05) is 54.4 Å². The number of allylic oxidation sites excluding steroid dienone is 1. The van der Waals surface area contributed by atoms with Crippen molar-refractivity contribution >= 4 is 16.8 Å². The van der Waals surface area contributed by atoms with Crippen LogP contribution in [0.5, 0.6) is 0 Å². The number of nitrogens with zero attached hydrogens (tertiary/aromatic N) is 3. The van der Waals surface area contributed by atoms with Crippen molar-refractivity contribution in [1.82, 2.24) is 14.8 Å². The summed E-state index contributed by atoms with van der Waals surface area (Å²) in [6.45, 7) is 11.9. The molecule has 0 unspecified atom stereocenters. The topological polar surface area (TPSA) is 36.4 Å². The van der Waals surface area contributed by atoms with Gasteiger partial charge in [-0.3, -0.25) is 9.78 Å². The van der Waals surface area contributed by atoms with Crippen molar-refractivity contribution in [3.63, 3.8) is 0 Å². The average Bonchev–Trinajstić information content (AvgIpc) is 3.56. The van der Waals surface area contributed by atoms with Gasteiger partial charge in [0.25, 0.3) is 5.91 Å². The quantitative estimate of drug-likeness (QED) is 0.586. The summed E-state index contributed by atoms with van der Waals surface area (Å²) in [5, 5.41) is 1.12. The fourth-order valence-corrected chi connectivity index (χ4v) is 4.55. The van der Waals surface area contributed by atoms with Crippen LogP contribution in [0.4, 0.5) is 0 Å². The Morgan fingerprint density at radius 3 is 2.35 bits per heavy atom. The van der Waals surface area contributed by atoms with Crippen molar-refractivity contribution in [3.05, 3.63) is 78.1 Å². The Labute approximate surface area is 184 Å². The van der Waals surface area contributed by atoms with Gasteiger partial charge in [-0.15, -0.1) is 0 Å². The number of carbonyl (C=O) groups is 1. The van der Waals surface area contributed by atoms with Gasteiger partial charge < -0.3 is 9.80 Å². The van der Waals surface area contributed by atoms with Crippen molar-refractivity contribution in [3.8, 4) is 11.1 Å². The van der Waals surface area contributed by atoms with Gasteiger partial charge in [-0.25, -0.2) is 0 Å². The number of carbonyl (C=O) groups excluding carboxylic acids is 1. The number of hydrogen-bond donors (Lipinski definition) is 0. The molecule has 1 saturated carbocycles. The zero-order chi connectivity index (χ0) is 21.6. The summed E-state index contributed by atoms with van der Waals surface area (Å²) in [6.07, 6.45) is 4.29. The highest BCUT2D eigenvalue weighted by atomic mass is 16.2. The van der Waals surface area contributed by atoms with E-state index in [4.69, 9.17) is 0 Å². The van der Waals surface area contributed by atoms with Crippen LogP contribution >= 0.6 is 0 Å². The lowest BCUT2D eigenvalue weighted by molar-refractivity contribution is 0.0659. The van der Waals surface area contributed by atoms with Crippen LogP contribution in [0.25, 0.3) is 22.0 Å². The lowest BCUT2D eigenvalue weighted by Crippen LogP contribution is -2.49. The molecule has 31 heavy (non-hydrogen) atoms. The maximum Gasteiger partial charge on any atom is 0.254 e. The molecule has 3 aromatic rings. The van der Waals surface area contributed by atoms with E-state index in [1.807, 2.05) is 30.2 Å². The van der Waals surface area contributed by atoms with Gasteiger partial charge in [-0.05, 0) is 60.7 Å². The molecule has 1 aromatic heterocycles. The summed E-state index contributed by atoms with van der Waals surface area (Å²) in [4.78, 5) is 22.0. The standard InChI is InChI=1S/C27H29N3O/c1-19-17-21(22-7-9-25-23(18-22)5-4-12-28-25)6-8-24(19)26(31)30-15-13-29(14-16-30)20(2)27(3)10-11-27/h4-9,12,17-18H,2,10-11,13-16H2,1,3H3. The number of fused-ring (bicyclic) bond motifs is 1. The summed E-state index contributed by atoms with van der Waals surface area (Å²) in [7, 11) is 0. The van der Waals surface area contributed by atoms with E-state index in [2.05, 4.69) is 59.8 Å². The fraction of sp³-hybridized carbons (Fsp3) is 0.333. The lowest BCUT2D eigenvalue weighted by atomic mass is 9.98. The van der Waals surface area contributed by atoms with Gasteiger partial charge in [0.05, 0.1) is 5.52 Å². The first-order valence-corrected chi connectivity index (χ1v) is 11.1. The van der Waals surface area contributed by atoms with Crippen molar-refractivity contribution in [2.24, 2.45) is 5.41 Å². The maximum atomic E-state index is 13.2. The lowest BCUT2D eigenvalue weighted by Gasteiger charge is -2.39. The molecule has 0 N–H and O–H groups in total. The minimum Gasteiger partial charge on any atom is -0.371 e. The zero-order valence-corrected chi connectivity index (χ0v) is 18.4. The second-order valence-electron chi connectivity index (χ2n) is 9.23. The number of pyridine rings is 1. The van der Waals surface area contributed by atoms with Crippen LogP contribution in [0, 0.1) is 12.3 Å². The molecule has 5 rings (SSSR count). The summed E-state index contributed by atoms with van der Waals surface area (Å²) >= 11 is 0. The van der Waals surface area contributed by atoms with E-state index in [0.717, 1.165) is 59.3 Å². The van der Waals surface area contributed by atoms with Crippen LogP contribution in [-0.2, 0) is 0 Å². The van der Waals surface area contributed by atoms with Crippen molar-refractivity contribution in [1.29, 1.82) is 0 Å².